The van der Waals surface area contributed by atoms with Crippen molar-refractivity contribution in [1.82, 2.24) is 5.32 Å². The molecule has 1 rings (SSSR count). The molecule has 1 aromatic rings. The molecular formula is C15H22N2O3S. The molecule has 0 saturated carbocycles. The first-order chi connectivity index (χ1) is 9.74. The summed E-state index contributed by atoms with van der Waals surface area (Å²) in [4.78, 5) is 12.0. The second-order valence-corrected chi connectivity index (χ2v) is 6.70. The Morgan fingerprint density at radius 3 is 2.52 bits per heavy atom. The van der Waals surface area contributed by atoms with Gasteiger partial charge in [0.2, 0.25) is 15.9 Å². The van der Waals surface area contributed by atoms with Crippen LogP contribution in [0.5, 0.6) is 0 Å². The Labute approximate surface area is 126 Å². The van der Waals surface area contributed by atoms with Crippen molar-refractivity contribution in [1.29, 1.82) is 0 Å². The maximum atomic E-state index is 12.0. The molecule has 0 aliphatic heterocycles. The average molecular weight is 310 g/mol. The summed E-state index contributed by atoms with van der Waals surface area (Å²) in [6.07, 6.45) is 3.74. The third kappa shape index (κ3) is 5.59. The molecule has 0 bridgehead atoms. The number of benzene rings is 1. The Hall–Kier alpha value is -1.82. The van der Waals surface area contributed by atoms with Crippen LogP contribution >= 0.6 is 0 Å². The minimum Gasteiger partial charge on any atom is -0.346 e. The van der Waals surface area contributed by atoms with Gasteiger partial charge in [0, 0.05) is 5.57 Å². The van der Waals surface area contributed by atoms with Gasteiger partial charge in [0.05, 0.1) is 18.0 Å². The van der Waals surface area contributed by atoms with Crippen molar-refractivity contribution in [2.24, 2.45) is 0 Å². The highest BCUT2D eigenvalue weighted by atomic mass is 32.2. The summed E-state index contributed by atoms with van der Waals surface area (Å²) in [7, 11) is -3.36. The first kappa shape index (κ1) is 17.2. The maximum Gasteiger partial charge on any atom is 0.247 e. The van der Waals surface area contributed by atoms with Crippen LogP contribution in [0, 0.1) is 0 Å². The van der Waals surface area contributed by atoms with Crippen LogP contribution in [0.3, 0.4) is 0 Å². The number of amides is 1. The van der Waals surface area contributed by atoms with E-state index in [2.05, 4.69) is 10.0 Å². The van der Waals surface area contributed by atoms with Crippen molar-refractivity contribution >= 4 is 21.6 Å². The zero-order valence-corrected chi connectivity index (χ0v) is 13.6. The Balaban J connectivity index is 2.95. The zero-order valence-electron chi connectivity index (χ0n) is 12.8. The number of hydrogen-bond acceptors (Lipinski definition) is 3. The van der Waals surface area contributed by atoms with Crippen LogP contribution in [0.15, 0.2) is 35.9 Å². The lowest BCUT2D eigenvalue weighted by Crippen LogP contribution is -2.28. The molecule has 0 aliphatic rings. The highest BCUT2D eigenvalue weighted by molar-refractivity contribution is 7.92. The Bertz CT molecular complexity index is 636. The van der Waals surface area contributed by atoms with Crippen LogP contribution in [-0.2, 0) is 14.8 Å². The van der Waals surface area contributed by atoms with Crippen LogP contribution in [0.2, 0.25) is 0 Å². The van der Waals surface area contributed by atoms with Crippen LogP contribution in [0.4, 0.5) is 5.69 Å². The average Bonchev–Trinajstić information content (AvgIpc) is 2.37. The van der Waals surface area contributed by atoms with Crippen molar-refractivity contribution in [2.75, 3.05) is 11.0 Å². The summed E-state index contributed by atoms with van der Waals surface area (Å²) in [5.74, 6) is -0.154. The van der Waals surface area contributed by atoms with E-state index >= 15 is 0 Å². The van der Waals surface area contributed by atoms with Crippen LogP contribution in [0.1, 0.15) is 38.8 Å². The molecule has 21 heavy (non-hydrogen) atoms. The van der Waals surface area contributed by atoms with Crippen molar-refractivity contribution in [3.8, 4) is 0 Å². The van der Waals surface area contributed by atoms with Crippen molar-refractivity contribution in [3.05, 3.63) is 41.5 Å². The van der Waals surface area contributed by atoms with E-state index in [1.807, 2.05) is 19.9 Å². The number of anilines is 1. The van der Waals surface area contributed by atoms with Gasteiger partial charge in [0.1, 0.15) is 0 Å². The molecule has 0 fully saturated rings. The van der Waals surface area contributed by atoms with Crippen LogP contribution in [-0.4, -0.2) is 20.6 Å². The minimum absolute atomic E-state index is 0.154. The highest BCUT2D eigenvalue weighted by Gasteiger charge is 2.15. The number of carbonyl (C=O) groups is 1. The van der Waals surface area contributed by atoms with Gasteiger partial charge in [0.15, 0.2) is 0 Å². The van der Waals surface area contributed by atoms with Crippen LogP contribution < -0.4 is 10.0 Å². The van der Waals surface area contributed by atoms with E-state index < -0.39 is 10.0 Å². The second-order valence-electron chi connectivity index (χ2n) is 4.95. The molecule has 1 aromatic carbocycles. The van der Waals surface area contributed by atoms with Gasteiger partial charge < -0.3 is 5.32 Å². The molecule has 0 unspecified atom stereocenters. The first-order valence-corrected chi connectivity index (χ1v) is 8.68. The van der Waals surface area contributed by atoms with Gasteiger partial charge in [-0.3, -0.25) is 9.52 Å². The molecule has 5 nitrogen and oxygen atoms in total. The van der Waals surface area contributed by atoms with E-state index in [4.69, 9.17) is 0 Å². The molecule has 0 spiro atoms. The molecule has 0 radical (unpaired) electrons. The lowest BCUT2D eigenvalue weighted by Gasteiger charge is -2.18. The number of hydrogen-bond donors (Lipinski definition) is 2. The largest absolute Gasteiger partial charge is 0.346 e. The fourth-order valence-corrected chi connectivity index (χ4v) is 2.54. The van der Waals surface area contributed by atoms with E-state index in [1.165, 1.54) is 0 Å². The number of sulfonamides is 1. The maximum absolute atomic E-state index is 12.0. The van der Waals surface area contributed by atoms with Gasteiger partial charge in [-0.25, -0.2) is 8.42 Å². The number of allylic oxidation sites excluding steroid dienone is 1. The Morgan fingerprint density at radius 1 is 1.33 bits per heavy atom. The summed E-state index contributed by atoms with van der Waals surface area (Å²) in [6, 6.07) is 6.71. The predicted molar refractivity (Wildman–Crippen MR) is 85.5 cm³/mol. The molecule has 2 N–H and O–H groups in total. The molecule has 0 aromatic heterocycles. The SMILES string of the molecule is CC/C=C(\C)C(=O)N[C@H](C)c1ccccc1NS(C)(=O)=O. The number of carbonyl (C=O) groups excluding carboxylic acids is 1. The predicted octanol–water partition coefficient (Wildman–Crippen LogP) is 2.59. The Kier molecular flexibility index (Phi) is 5.96. The molecule has 0 aliphatic carbocycles. The Morgan fingerprint density at radius 2 is 1.95 bits per heavy atom. The topological polar surface area (TPSA) is 75.3 Å². The fourth-order valence-electron chi connectivity index (χ4n) is 1.95. The number of rotatable bonds is 6. The normalized spacial score (nSPS) is 13.6. The quantitative estimate of drug-likeness (QED) is 0.793. The molecule has 6 heteroatoms. The van der Waals surface area contributed by atoms with Crippen molar-refractivity contribution in [2.45, 2.75) is 33.2 Å². The molecule has 1 amide bonds. The van der Waals surface area contributed by atoms with Crippen molar-refractivity contribution in [3.63, 3.8) is 0 Å². The number of para-hydroxylation sites is 1. The van der Waals surface area contributed by atoms with E-state index in [0.29, 0.717) is 11.3 Å². The summed E-state index contributed by atoms with van der Waals surface area (Å²) in [5.41, 5.74) is 1.85. The minimum atomic E-state index is -3.36. The fraction of sp³-hybridized carbons (Fsp3) is 0.400. The first-order valence-electron chi connectivity index (χ1n) is 6.79. The van der Waals surface area contributed by atoms with Crippen LogP contribution in [0.25, 0.3) is 0 Å². The smallest absolute Gasteiger partial charge is 0.247 e. The number of nitrogens with one attached hydrogen (secondary N) is 2. The lowest BCUT2D eigenvalue weighted by molar-refractivity contribution is -0.118. The highest BCUT2D eigenvalue weighted by Crippen LogP contribution is 2.23. The summed E-state index contributed by atoms with van der Waals surface area (Å²) in [6.45, 7) is 5.54. The molecule has 0 heterocycles. The third-order valence-corrected chi connectivity index (χ3v) is 3.53. The van der Waals surface area contributed by atoms with E-state index in [0.717, 1.165) is 18.2 Å². The van der Waals surface area contributed by atoms with E-state index in [9.17, 15) is 13.2 Å². The van der Waals surface area contributed by atoms with Gasteiger partial charge in [0.25, 0.3) is 0 Å². The van der Waals surface area contributed by atoms with E-state index in [1.54, 1.807) is 31.2 Å². The summed E-state index contributed by atoms with van der Waals surface area (Å²) >= 11 is 0. The van der Waals surface area contributed by atoms with Gasteiger partial charge in [-0.1, -0.05) is 31.2 Å². The van der Waals surface area contributed by atoms with Gasteiger partial charge in [-0.15, -0.1) is 0 Å². The van der Waals surface area contributed by atoms with Crippen molar-refractivity contribution < 1.29 is 13.2 Å². The second kappa shape index (κ2) is 7.26. The van der Waals surface area contributed by atoms with E-state index in [-0.39, 0.29) is 11.9 Å². The molecule has 116 valence electrons. The lowest BCUT2D eigenvalue weighted by atomic mass is 10.1. The summed E-state index contributed by atoms with van der Waals surface area (Å²) in [5, 5.41) is 2.86. The van der Waals surface area contributed by atoms with Gasteiger partial charge >= 0.3 is 0 Å². The van der Waals surface area contributed by atoms with Gasteiger partial charge in [-0.05, 0) is 31.9 Å². The molecule has 0 saturated heterocycles. The summed E-state index contributed by atoms with van der Waals surface area (Å²) < 4.78 is 25.2. The third-order valence-electron chi connectivity index (χ3n) is 2.94. The van der Waals surface area contributed by atoms with Gasteiger partial charge in [-0.2, -0.15) is 0 Å². The molecular weight excluding hydrogens is 288 g/mol. The standard InChI is InChI=1S/C15H22N2O3S/c1-5-8-11(2)15(18)16-12(3)13-9-6-7-10-14(13)17-21(4,19)20/h6-10,12,17H,5H2,1-4H3,(H,16,18)/b11-8+/t12-/m1/s1. The molecule has 1 atom stereocenters. The monoisotopic (exact) mass is 310 g/mol. The zero-order chi connectivity index (χ0) is 16.0.